The van der Waals surface area contributed by atoms with Crippen molar-refractivity contribution in [2.24, 2.45) is 0 Å². The fourth-order valence-corrected chi connectivity index (χ4v) is 5.01. The van der Waals surface area contributed by atoms with Crippen molar-refractivity contribution in [3.8, 4) is 0 Å². The lowest BCUT2D eigenvalue weighted by molar-refractivity contribution is -0.121. The fraction of sp³-hybridized carbons (Fsp3) is 0.476. The molecule has 0 aliphatic heterocycles. The van der Waals surface area contributed by atoms with Gasteiger partial charge >= 0.3 is 0 Å². The minimum Gasteiger partial charge on any atom is -0.469 e. The predicted octanol–water partition coefficient (Wildman–Crippen LogP) is 3.46. The van der Waals surface area contributed by atoms with Crippen molar-refractivity contribution in [1.29, 1.82) is 0 Å². The Morgan fingerprint density at radius 3 is 3.07 bits per heavy atom. The van der Waals surface area contributed by atoms with Crippen molar-refractivity contribution in [2.45, 2.75) is 64.5 Å². The molecule has 0 fully saturated rings. The van der Waals surface area contributed by atoms with E-state index in [9.17, 15) is 9.59 Å². The van der Waals surface area contributed by atoms with Crippen molar-refractivity contribution >= 4 is 27.5 Å². The molecule has 7 heteroatoms. The fourth-order valence-electron chi connectivity index (χ4n) is 3.80. The molecule has 1 N–H and O–H groups in total. The maximum atomic E-state index is 12.9. The molecule has 3 aromatic rings. The van der Waals surface area contributed by atoms with Crippen LogP contribution in [0.15, 0.2) is 33.9 Å². The van der Waals surface area contributed by atoms with Crippen LogP contribution >= 0.6 is 11.3 Å². The summed E-state index contributed by atoms with van der Waals surface area (Å²) >= 11 is 1.65. The van der Waals surface area contributed by atoms with Crippen molar-refractivity contribution in [3.05, 3.63) is 51.3 Å². The van der Waals surface area contributed by atoms with E-state index >= 15 is 0 Å². The van der Waals surface area contributed by atoms with Crippen molar-refractivity contribution < 1.29 is 9.21 Å². The molecule has 1 aliphatic carbocycles. The van der Waals surface area contributed by atoms with E-state index in [4.69, 9.17) is 4.42 Å². The van der Waals surface area contributed by atoms with Gasteiger partial charge in [0.2, 0.25) is 5.91 Å². The topological polar surface area (TPSA) is 77.1 Å². The van der Waals surface area contributed by atoms with Gasteiger partial charge in [-0.25, -0.2) is 4.98 Å². The predicted molar refractivity (Wildman–Crippen MR) is 110 cm³/mol. The first-order valence-electron chi connectivity index (χ1n) is 9.93. The lowest BCUT2D eigenvalue weighted by Gasteiger charge is -2.14. The van der Waals surface area contributed by atoms with E-state index in [0.29, 0.717) is 6.54 Å². The summed E-state index contributed by atoms with van der Waals surface area (Å²) in [6.45, 7) is 2.33. The van der Waals surface area contributed by atoms with E-state index in [2.05, 4.69) is 10.3 Å². The summed E-state index contributed by atoms with van der Waals surface area (Å²) in [5.41, 5.74) is 1.18. The zero-order valence-electron chi connectivity index (χ0n) is 16.1. The standard InChI is InChI=1S/C21H25N3O3S/c1-14(8-9-15-5-4-12-27-15)23-18(25)10-11-24-13-22-20-19(21(24)26)16-6-2-3-7-17(16)28-20/h4-5,12-14H,2-3,6-11H2,1H3,(H,23,25). The second-order valence-electron chi connectivity index (χ2n) is 7.47. The highest BCUT2D eigenvalue weighted by atomic mass is 32.1. The van der Waals surface area contributed by atoms with Crippen LogP contribution in [0.3, 0.4) is 0 Å². The highest BCUT2D eigenvalue weighted by Gasteiger charge is 2.20. The Kier molecular flexibility index (Phi) is 5.62. The molecule has 148 valence electrons. The van der Waals surface area contributed by atoms with Crippen molar-refractivity contribution in [2.75, 3.05) is 0 Å². The summed E-state index contributed by atoms with van der Waals surface area (Å²) in [7, 11) is 0. The van der Waals surface area contributed by atoms with Crippen molar-refractivity contribution in [3.63, 3.8) is 0 Å². The number of hydrogen-bond donors (Lipinski definition) is 1. The van der Waals surface area contributed by atoms with Gasteiger partial charge in [-0.3, -0.25) is 14.2 Å². The molecule has 0 spiro atoms. The van der Waals surface area contributed by atoms with Crippen LogP contribution in [0.2, 0.25) is 0 Å². The number of hydrogen-bond acceptors (Lipinski definition) is 5. The van der Waals surface area contributed by atoms with Crippen LogP contribution in [-0.2, 0) is 30.6 Å². The molecule has 1 amide bonds. The molecule has 6 nitrogen and oxygen atoms in total. The van der Waals surface area contributed by atoms with Crippen LogP contribution in [0.5, 0.6) is 0 Å². The minimum atomic E-state index is -0.0497. The smallest absolute Gasteiger partial charge is 0.262 e. The van der Waals surface area contributed by atoms with Crippen LogP contribution in [0.4, 0.5) is 0 Å². The van der Waals surface area contributed by atoms with Gasteiger partial charge in [-0.1, -0.05) is 0 Å². The zero-order chi connectivity index (χ0) is 19.5. The first-order chi connectivity index (χ1) is 13.6. The monoisotopic (exact) mass is 399 g/mol. The zero-order valence-corrected chi connectivity index (χ0v) is 16.9. The largest absolute Gasteiger partial charge is 0.469 e. The van der Waals surface area contributed by atoms with Gasteiger partial charge in [-0.15, -0.1) is 11.3 Å². The Morgan fingerprint density at radius 1 is 1.39 bits per heavy atom. The number of nitrogens with one attached hydrogen (secondary N) is 1. The first-order valence-corrected chi connectivity index (χ1v) is 10.7. The van der Waals surface area contributed by atoms with E-state index in [-0.39, 0.29) is 23.9 Å². The van der Waals surface area contributed by atoms with E-state index in [1.54, 1.807) is 28.5 Å². The lowest BCUT2D eigenvalue weighted by atomic mass is 9.97. The summed E-state index contributed by atoms with van der Waals surface area (Å²) in [5.74, 6) is 0.873. The molecular formula is C21H25N3O3S. The van der Waals surface area contributed by atoms with Gasteiger partial charge < -0.3 is 9.73 Å². The number of carbonyl (C=O) groups excluding carboxylic acids is 1. The molecule has 28 heavy (non-hydrogen) atoms. The van der Waals surface area contributed by atoms with E-state index in [1.807, 2.05) is 19.1 Å². The van der Waals surface area contributed by atoms with E-state index < -0.39 is 0 Å². The average Bonchev–Trinajstić information content (AvgIpc) is 3.33. The Balaban J connectivity index is 1.36. The van der Waals surface area contributed by atoms with Crippen LogP contribution in [0, 0.1) is 0 Å². The van der Waals surface area contributed by atoms with E-state index in [0.717, 1.165) is 48.1 Å². The first kappa shape index (κ1) is 18.9. The minimum absolute atomic E-state index is 0.0110. The number of carbonyl (C=O) groups is 1. The Hall–Kier alpha value is -2.41. The average molecular weight is 400 g/mol. The van der Waals surface area contributed by atoms with Gasteiger partial charge in [-0.05, 0) is 56.7 Å². The van der Waals surface area contributed by atoms with Crippen LogP contribution in [0.1, 0.15) is 48.8 Å². The molecule has 3 heterocycles. The third kappa shape index (κ3) is 4.04. The summed E-state index contributed by atoms with van der Waals surface area (Å²) < 4.78 is 6.90. The number of rotatable bonds is 7. The molecule has 4 rings (SSSR count). The molecule has 0 radical (unpaired) electrons. The molecule has 1 atom stereocenters. The summed E-state index contributed by atoms with van der Waals surface area (Å²) in [4.78, 5) is 31.8. The Morgan fingerprint density at radius 2 is 2.25 bits per heavy atom. The highest BCUT2D eigenvalue weighted by molar-refractivity contribution is 7.18. The molecule has 0 saturated heterocycles. The molecule has 0 aromatic carbocycles. The summed E-state index contributed by atoms with van der Waals surface area (Å²) in [6, 6.07) is 3.86. The van der Waals surface area contributed by atoms with Gasteiger partial charge in [0.05, 0.1) is 18.0 Å². The second kappa shape index (κ2) is 8.31. The Bertz CT molecular complexity index is 1020. The van der Waals surface area contributed by atoms with Crippen LogP contribution in [-0.4, -0.2) is 21.5 Å². The number of furan rings is 1. The van der Waals surface area contributed by atoms with Gasteiger partial charge in [0, 0.05) is 30.3 Å². The molecule has 0 saturated carbocycles. The van der Waals surface area contributed by atoms with Crippen LogP contribution < -0.4 is 10.9 Å². The number of nitrogens with zero attached hydrogens (tertiary/aromatic N) is 2. The third-order valence-corrected chi connectivity index (χ3v) is 6.53. The normalized spacial score (nSPS) is 14.8. The summed E-state index contributed by atoms with van der Waals surface area (Å²) in [6.07, 6.45) is 9.44. The quantitative estimate of drug-likeness (QED) is 0.660. The molecule has 1 unspecified atom stereocenters. The Labute approximate surface area is 167 Å². The van der Waals surface area contributed by atoms with E-state index in [1.165, 1.54) is 16.9 Å². The second-order valence-corrected chi connectivity index (χ2v) is 8.55. The van der Waals surface area contributed by atoms with Gasteiger partial charge in [0.25, 0.3) is 5.56 Å². The third-order valence-electron chi connectivity index (χ3n) is 5.33. The number of thiophene rings is 1. The summed E-state index contributed by atoms with van der Waals surface area (Å²) in [5, 5.41) is 3.77. The number of aromatic nitrogens is 2. The van der Waals surface area contributed by atoms with Crippen LogP contribution in [0.25, 0.3) is 10.2 Å². The van der Waals surface area contributed by atoms with Gasteiger partial charge in [0.15, 0.2) is 0 Å². The number of amides is 1. The lowest BCUT2D eigenvalue weighted by Crippen LogP contribution is -2.34. The number of aryl methyl sites for hydroxylation is 4. The van der Waals surface area contributed by atoms with Gasteiger partial charge in [-0.2, -0.15) is 0 Å². The SMILES string of the molecule is CC(CCc1ccco1)NC(=O)CCn1cnc2sc3c(c2c1=O)CCCC3. The molecule has 1 aliphatic rings. The van der Waals surface area contributed by atoms with Gasteiger partial charge in [0.1, 0.15) is 10.6 Å². The maximum absolute atomic E-state index is 12.9. The number of fused-ring (bicyclic) bond motifs is 3. The molecular weight excluding hydrogens is 374 g/mol. The highest BCUT2D eigenvalue weighted by Crippen LogP contribution is 2.33. The maximum Gasteiger partial charge on any atom is 0.262 e. The molecule has 3 aromatic heterocycles. The molecule has 0 bridgehead atoms. The van der Waals surface area contributed by atoms with Crippen molar-refractivity contribution in [1.82, 2.24) is 14.9 Å².